The Labute approximate surface area is 117 Å². The van der Waals surface area contributed by atoms with E-state index in [-0.39, 0.29) is 17.7 Å². The van der Waals surface area contributed by atoms with E-state index in [1.165, 1.54) is 0 Å². The molecule has 0 bridgehead atoms. The molecule has 0 unspecified atom stereocenters. The smallest absolute Gasteiger partial charge is 0.253 e. The number of amidine groups is 1. The maximum Gasteiger partial charge on any atom is 0.253 e. The predicted molar refractivity (Wildman–Crippen MR) is 75.0 cm³/mol. The number of ether oxygens (including phenoxy) is 1. The number of carbonyl (C=O) groups is 1. The van der Waals surface area contributed by atoms with Gasteiger partial charge in [-0.25, -0.2) is 0 Å². The molecule has 1 aromatic carbocycles. The third kappa shape index (κ3) is 3.01. The molecule has 1 fully saturated rings. The number of amides is 1. The predicted octanol–water partition coefficient (Wildman–Crippen LogP) is 1.29. The molecule has 1 amide bonds. The molecule has 6 nitrogen and oxygen atoms in total. The van der Waals surface area contributed by atoms with Gasteiger partial charge >= 0.3 is 0 Å². The molecular weight excluding hydrogens is 258 g/mol. The van der Waals surface area contributed by atoms with Crippen LogP contribution in [0.25, 0.3) is 0 Å². The van der Waals surface area contributed by atoms with Crippen molar-refractivity contribution in [1.29, 1.82) is 0 Å². The first-order valence-corrected chi connectivity index (χ1v) is 6.56. The van der Waals surface area contributed by atoms with Crippen LogP contribution in [0.4, 0.5) is 0 Å². The lowest BCUT2D eigenvalue weighted by Gasteiger charge is -2.31. The summed E-state index contributed by atoms with van der Waals surface area (Å²) in [5.74, 6) is 1.04. The molecule has 1 aliphatic heterocycles. The van der Waals surface area contributed by atoms with Crippen LogP contribution in [0.2, 0.25) is 0 Å². The molecule has 0 saturated carbocycles. The number of methoxy groups -OCH3 is 1. The number of rotatable bonds is 3. The average molecular weight is 277 g/mol. The normalized spacial score (nSPS) is 17.1. The second kappa shape index (κ2) is 6.27. The maximum absolute atomic E-state index is 12.3. The lowest BCUT2D eigenvalue weighted by atomic mass is 9.95. The molecule has 108 valence electrons. The fourth-order valence-electron chi connectivity index (χ4n) is 2.38. The van der Waals surface area contributed by atoms with Gasteiger partial charge in [0, 0.05) is 24.6 Å². The minimum absolute atomic E-state index is 0.00520. The van der Waals surface area contributed by atoms with Gasteiger partial charge in [-0.3, -0.25) is 4.79 Å². The van der Waals surface area contributed by atoms with Gasteiger partial charge in [-0.2, -0.15) is 0 Å². The van der Waals surface area contributed by atoms with Crippen LogP contribution in [0.15, 0.2) is 29.4 Å². The standard InChI is InChI=1S/C14H19N3O3/c1-20-12-4-2-11(3-5-12)14(18)17-8-6-10(7-9-17)13(15)16-19/h2-5,10,19H,6-9H2,1H3,(H2,15,16). The third-order valence-electron chi connectivity index (χ3n) is 3.65. The summed E-state index contributed by atoms with van der Waals surface area (Å²) in [6, 6.07) is 7.07. The van der Waals surface area contributed by atoms with E-state index in [1.54, 1.807) is 36.3 Å². The highest BCUT2D eigenvalue weighted by Crippen LogP contribution is 2.20. The fraction of sp³-hybridized carbons (Fsp3) is 0.429. The number of likely N-dealkylation sites (tertiary alicyclic amines) is 1. The van der Waals surface area contributed by atoms with E-state index in [2.05, 4.69) is 5.16 Å². The van der Waals surface area contributed by atoms with Crippen molar-refractivity contribution in [2.75, 3.05) is 20.2 Å². The van der Waals surface area contributed by atoms with Gasteiger partial charge in [0.15, 0.2) is 0 Å². The second-order valence-electron chi connectivity index (χ2n) is 4.82. The number of benzene rings is 1. The first-order valence-electron chi connectivity index (χ1n) is 6.56. The van der Waals surface area contributed by atoms with Crippen LogP contribution in [0.1, 0.15) is 23.2 Å². The summed E-state index contributed by atoms with van der Waals surface area (Å²) in [7, 11) is 1.59. The Morgan fingerprint density at radius 2 is 1.95 bits per heavy atom. The van der Waals surface area contributed by atoms with Crippen molar-refractivity contribution in [3.8, 4) is 5.75 Å². The van der Waals surface area contributed by atoms with Gasteiger partial charge in [-0.1, -0.05) is 5.16 Å². The van der Waals surface area contributed by atoms with Gasteiger partial charge < -0.3 is 20.6 Å². The number of nitrogens with two attached hydrogens (primary N) is 1. The number of carbonyl (C=O) groups excluding carboxylic acids is 1. The first-order chi connectivity index (χ1) is 9.65. The van der Waals surface area contributed by atoms with Crippen LogP contribution in [0.3, 0.4) is 0 Å². The number of piperidine rings is 1. The lowest BCUT2D eigenvalue weighted by Crippen LogP contribution is -2.41. The Bertz CT molecular complexity index is 491. The molecule has 6 heteroatoms. The molecule has 0 aliphatic carbocycles. The van der Waals surface area contributed by atoms with Crippen molar-refractivity contribution in [3.63, 3.8) is 0 Å². The van der Waals surface area contributed by atoms with Crippen LogP contribution in [-0.4, -0.2) is 42.0 Å². The van der Waals surface area contributed by atoms with Crippen LogP contribution >= 0.6 is 0 Å². The van der Waals surface area contributed by atoms with E-state index in [1.807, 2.05) is 0 Å². The molecule has 0 aromatic heterocycles. The van der Waals surface area contributed by atoms with Crippen molar-refractivity contribution in [3.05, 3.63) is 29.8 Å². The third-order valence-corrected chi connectivity index (χ3v) is 3.65. The molecule has 1 aromatic rings. The van der Waals surface area contributed by atoms with Crippen molar-refractivity contribution < 1.29 is 14.7 Å². The SMILES string of the molecule is COc1ccc(C(=O)N2CCC(C(N)=NO)CC2)cc1. The van der Waals surface area contributed by atoms with E-state index in [4.69, 9.17) is 15.7 Å². The topological polar surface area (TPSA) is 88.2 Å². The van der Waals surface area contributed by atoms with E-state index in [0.29, 0.717) is 18.7 Å². The van der Waals surface area contributed by atoms with Crippen LogP contribution in [0, 0.1) is 5.92 Å². The summed E-state index contributed by atoms with van der Waals surface area (Å²) in [4.78, 5) is 14.1. The second-order valence-corrected chi connectivity index (χ2v) is 4.82. The number of hydrogen-bond acceptors (Lipinski definition) is 4. The zero-order chi connectivity index (χ0) is 14.5. The molecule has 0 spiro atoms. The van der Waals surface area contributed by atoms with Gasteiger partial charge in [-0.05, 0) is 37.1 Å². The van der Waals surface area contributed by atoms with Crippen molar-refractivity contribution in [1.82, 2.24) is 4.90 Å². The summed E-state index contributed by atoms with van der Waals surface area (Å²) in [6.07, 6.45) is 1.44. The Hall–Kier alpha value is -2.24. The molecule has 0 radical (unpaired) electrons. The Balaban J connectivity index is 1.97. The van der Waals surface area contributed by atoms with Gasteiger partial charge in [0.1, 0.15) is 11.6 Å². The number of oxime groups is 1. The summed E-state index contributed by atoms with van der Waals surface area (Å²) < 4.78 is 5.07. The average Bonchev–Trinajstić information content (AvgIpc) is 2.53. The molecule has 3 N–H and O–H groups in total. The van der Waals surface area contributed by atoms with Gasteiger partial charge in [0.25, 0.3) is 5.91 Å². The molecule has 1 heterocycles. The Morgan fingerprint density at radius 3 is 2.45 bits per heavy atom. The maximum atomic E-state index is 12.3. The molecule has 1 aliphatic rings. The van der Waals surface area contributed by atoms with E-state index >= 15 is 0 Å². The summed E-state index contributed by atoms with van der Waals surface area (Å²) in [6.45, 7) is 1.23. The molecule has 0 atom stereocenters. The number of nitrogens with zero attached hydrogens (tertiary/aromatic N) is 2. The molecule has 20 heavy (non-hydrogen) atoms. The van der Waals surface area contributed by atoms with Crippen LogP contribution < -0.4 is 10.5 Å². The highest BCUT2D eigenvalue weighted by molar-refractivity contribution is 5.94. The summed E-state index contributed by atoms with van der Waals surface area (Å²) in [5.41, 5.74) is 6.24. The largest absolute Gasteiger partial charge is 0.497 e. The molecule has 1 saturated heterocycles. The fourth-order valence-corrected chi connectivity index (χ4v) is 2.38. The monoisotopic (exact) mass is 277 g/mol. The minimum atomic E-state index is 0.00520. The van der Waals surface area contributed by atoms with Crippen molar-refractivity contribution >= 4 is 11.7 Å². The highest BCUT2D eigenvalue weighted by Gasteiger charge is 2.25. The number of hydrogen-bond donors (Lipinski definition) is 2. The quantitative estimate of drug-likeness (QED) is 0.377. The lowest BCUT2D eigenvalue weighted by molar-refractivity contribution is 0.0709. The Morgan fingerprint density at radius 1 is 1.35 bits per heavy atom. The van der Waals surface area contributed by atoms with E-state index < -0.39 is 0 Å². The summed E-state index contributed by atoms with van der Waals surface area (Å²) >= 11 is 0. The van der Waals surface area contributed by atoms with Crippen LogP contribution in [0.5, 0.6) is 5.75 Å². The minimum Gasteiger partial charge on any atom is -0.497 e. The highest BCUT2D eigenvalue weighted by atomic mass is 16.5. The van der Waals surface area contributed by atoms with Gasteiger partial charge in [0.2, 0.25) is 0 Å². The zero-order valence-electron chi connectivity index (χ0n) is 11.5. The Kier molecular flexibility index (Phi) is 4.45. The first kappa shape index (κ1) is 14.2. The molecule has 2 rings (SSSR count). The van der Waals surface area contributed by atoms with Crippen LogP contribution in [-0.2, 0) is 0 Å². The van der Waals surface area contributed by atoms with Gasteiger partial charge in [0.05, 0.1) is 7.11 Å². The van der Waals surface area contributed by atoms with Gasteiger partial charge in [-0.15, -0.1) is 0 Å². The summed E-state index contributed by atoms with van der Waals surface area (Å²) in [5, 5.41) is 11.7. The molecular formula is C14H19N3O3. The van der Waals surface area contributed by atoms with Crippen molar-refractivity contribution in [2.24, 2.45) is 16.8 Å². The van der Waals surface area contributed by atoms with Crippen molar-refractivity contribution in [2.45, 2.75) is 12.8 Å². The zero-order valence-corrected chi connectivity index (χ0v) is 11.5. The van der Waals surface area contributed by atoms with E-state index in [0.717, 1.165) is 18.6 Å². The van der Waals surface area contributed by atoms with E-state index in [9.17, 15) is 4.79 Å².